The molecule has 4 nitrogen and oxygen atoms in total. The summed E-state index contributed by atoms with van der Waals surface area (Å²) in [5.41, 5.74) is 8.48. The van der Waals surface area contributed by atoms with Crippen molar-refractivity contribution in [2.45, 2.75) is 26.5 Å². The Morgan fingerprint density at radius 1 is 1.44 bits per heavy atom. The fourth-order valence-electron chi connectivity index (χ4n) is 1.65. The van der Waals surface area contributed by atoms with E-state index in [2.05, 4.69) is 9.55 Å². The smallest absolute Gasteiger partial charge is 0.0959 e. The number of ether oxygens (including phenoxy) is 1. The van der Waals surface area contributed by atoms with Gasteiger partial charge in [-0.3, -0.25) is 0 Å². The number of anilines is 1. The maximum absolute atomic E-state index is 5.70. The SMILES string of the molecule is CC(C)OCCn1cnc2cc(N)ccc21. The van der Waals surface area contributed by atoms with Crippen LogP contribution in [0.5, 0.6) is 0 Å². The molecule has 2 aromatic rings. The third-order valence-corrected chi connectivity index (χ3v) is 2.43. The first kappa shape index (κ1) is 11.0. The van der Waals surface area contributed by atoms with Gasteiger partial charge in [0, 0.05) is 12.2 Å². The van der Waals surface area contributed by atoms with Gasteiger partial charge in [-0.25, -0.2) is 4.98 Å². The summed E-state index contributed by atoms with van der Waals surface area (Å²) in [7, 11) is 0. The molecule has 1 heterocycles. The lowest BCUT2D eigenvalue weighted by atomic mass is 10.3. The first-order valence-corrected chi connectivity index (χ1v) is 5.49. The van der Waals surface area contributed by atoms with Crippen molar-refractivity contribution < 1.29 is 4.74 Å². The van der Waals surface area contributed by atoms with E-state index < -0.39 is 0 Å². The molecule has 0 aliphatic rings. The van der Waals surface area contributed by atoms with Crippen molar-refractivity contribution in [2.75, 3.05) is 12.3 Å². The van der Waals surface area contributed by atoms with Crippen molar-refractivity contribution in [3.63, 3.8) is 0 Å². The molecular weight excluding hydrogens is 202 g/mol. The summed E-state index contributed by atoms with van der Waals surface area (Å²) < 4.78 is 7.59. The molecule has 0 saturated carbocycles. The number of benzene rings is 1. The number of aromatic nitrogens is 2. The molecule has 0 amide bonds. The minimum absolute atomic E-state index is 0.269. The van der Waals surface area contributed by atoms with E-state index in [4.69, 9.17) is 10.5 Å². The largest absolute Gasteiger partial charge is 0.399 e. The third kappa shape index (κ3) is 2.33. The molecular formula is C12H17N3O. The van der Waals surface area contributed by atoms with Crippen LogP contribution in [-0.2, 0) is 11.3 Å². The number of rotatable bonds is 4. The molecule has 0 atom stereocenters. The van der Waals surface area contributed by atoms with Crippen molar-refractivity contribution in [3.8, 4) is 0 Å². The lowest BCUT2D eigenvalue weighted by Crippen LogP contribution is -2.09. The molecule has 0 saturated heterocycles. The highest BCUT2D eigenvalue weighted by atomic mass is 16.5. The van der Waals surface area contributed by atoms with Gasteiger partial charge in [0.05, 0.1) is 30.1 Å². The Hall–Kier alpha value is -1.55. The Bertz CT molecular complexity index is 476. The van der Waals surface area contributed by atoms with E-state index >= 15 is 0 Å². The van der Waals surface area contributed by atoms with Crippen LogP contribution >= 0.6 is 0 Å². The van der Waals surface area contributed by atoms with Gasteiger partial charge in [0.15, 0.2) is 0 Å². The number of nitrogens with two attached hydrogens (primary N) is 1. The Balaban J connectivity index is 2.13. The average molecular weight is 219 g/mol. The van der Waals surface area contributed by atoms with Gasteiger partial charge in [-0.15, -0.1) is 0 Å². The molecule has 0 radical (unpaired) electrons. The van der Waals surface area contributed by atoms with Gasteiger partial charge in [-0.1, -0.05) is 0 Å². The van der Waals surface area contributed by atoms with E-state index in [9.17, 15) is 0 Å². The second kappa shape index (κ2) is 4.53. The van der Waals surface area contributed by atoms with Crippen LogP contribution in [0.1, 0.15) is 13.8 Å². The standard InChI is InChI=1S/C12H17N3O/c1-9(2)16-6-5-15-8-14-11-7-10(13)3-4-12(11)15/h3-4,7-9H,5-6,13H2,1-2H3. The minimum atomic E-state index is 0.269. The van der Waals surface area contributed by atoms with Crippen LogP contribution < -0.4 is 5.73 Å². The van der Waals surface area contributed by atoms with Gasteiger partial charge in [-0.2, -0.15) is 0 Å². The second-order valence-corrected chi connectivity index (χ2v) is 4.11. The zero-order chi connectivity index (χ0) is 11.5. The van der Waals surface area contributed by atoms with Crippen molar-refractivity contribution >= 4 is 16.7 Å². The van der Waals surface area contributed by atoms with E-state index in [0.717, 1.165) is 23.3 Å². The number of hydrogen-bond donors (Lipinski definition) is 1. The summed E-state index contributed by atoms with van der Waals surface area (Å²) in [4.78, 5) is 4.30. The summed E-state index contributed by atoms with van der Waals surface area (Å²) in [6.07, 6.45) is 2.10. The average Bonchev–Trinajstić information content (AvgIpc) is 2.60. The normalized spacial score (nSPS) is 11.4. The van der Waals surface area contributed by atoms with Gasteiger partial charge in [0.25, 0.3) is 0 Å². The molecule has 0 aliphatic heterocycles. The predicted octanol–water partition coefficient (Wildman–Crippen LogP) is 2.04. The van der Waals surface area contributed by atoms with Crippen LogP contribution in [0, 0.1) is 0 Å². The predicted molar refractivity (Wildman–Crippen MR) is 65.2 cm³/mol. The molecule has 0 fully saturated rings. The lowest BCUT2D eigenvalue weighted by Gasteiger charge is -2.08. The summed E-state index contributed by atoms with van der Waals surface area (Å²) in [5.74, 6) is 0. The molecule has 2 N–H and O–H groups in total. The van der Waals surface area contributed by atoms with Crippen molar-refractivity contribution in [3.05, 3.63) is 24.5 Å². The first-order valence-electron chi connectivity index (χ1n) is 5.49. The maximum atomic E-state index is 5.70. The Morgan fingerprint density at radius 3 is 3.00 bits per heavy atom. The number of fused-ring (bicyclic) bond motifs is 1. The number of nitrogens with zero attached hydrogens (tertiary/aromatic N) is 2. The van der Waals surface area contributed by atoms with Gasteiger partial charge in [0.1, 0.15) is 0 Å². The summed E-state index contributed by atoms with van der Waals surface area (Å²) in [6.45, 7) is 5.59. The molecule has 0 aliphatic carbocycles. The van der Waals surface area contributed by atoms with E-state index in [-0.39, 0.29) is 6.10 Å². The van der Waals surface area contributed by atoms with Crippen molar-refractivity contribution in [2.24, 2.45) is 0 Å². The van der Waals surface area contributed by atoms with Crippen LogP contribution in [0.2, 0.25) is 0 Å². The quantitative estimate of drug-likeness (QED) is 0.801. The van der Waals surface area contributed by atoms with E-state index in [1.165, 1.54) is 0 Å². The van der Waals surface area contributed by atoms with Gasteiger partial charge < -0.3 is 15.0 Å². The topological polar surface area (TPSA) is 53.1 Å². The molecule has 16 heavy (non-hydrogen) atoms. The summed E-state index contributed by atoms with van der Waals surface area (Å²) >= 11 is 0. The van der Waals surface area contributed by atoms with Crippen LogP contribution in [0.15, 0.2) is 24.5 Å². The lowest BCUT2D eigenvalue weighted by molar-refractivity contribution is 0.0733. The van der Waals surface area contributed by atoms with Gasteiger partial charge in [0.2, 0.25) is 0 Å². The molecule has 0 spiro atoms. The Kier molecular flexibility index (Phi) is 3.10. The van der Waals surface area contributed by atoms with Crippen LogP contribution in [0.4, 0.5) is 5.69 Å². The van der Waals surface area contributed by atoms with Crippen molar-refractivity contribution in [1.29, 1.82) is 0 Å². The highest BCUT2D eigenvalue weighted by molar-refractivity contribution is 5.78. The Morgan fingerprint density at radius 2 is 2.25 bits per heavy atom. The van der Waals surface area contributed by atoms with Crippen molar-refractivity contribution in [1.82, 2.24) is 9.55 Å². The first-order chi connectivity index (χ1) is 7.66. The molecule has 2 rings (SSSR count). The van der Waals surface area contributed by atoms with E-state index in [0.29, 0.717) is 6.61 Å². The van der Waals surface area contributed by atoms with E-state index in [1.54, 1.807) is 0 Å². The highest BCUT2D eigenvalue weighted by Crippen LogP contribution is 2.15. The van der Waals surface area contributed by atoms with Gasteiger partial charge in [-0.05, 0) is 32.0 Å². The molecule has 0 bridgehead atoms. The molecule has 4 heteroatoms. The minimum Gasteiger partial charge on any atom is -0.399 e. The number of nitrogen functional groups attached to an aromatic ring is 1. The Labute approximate surface area is 95.0 Å². The summed E-state index contributed by atoms with van der Waals surface area (Å²) in [6, 6.07) is 5.77. The molecule has 1 aromatic carbocycles. The molecule has 86 valence electrons. The number of hydrogen-bond acceptors (Lipinski definition) is 3. The van der Waals surface area contributed by atoms with Crippen LogP contribution in [0.25, 0.3) is 11.0 Å². The highest BCUT2D eigenvalue weighted by Gasteiger charge is 2.02. The second-order valence-electron chi connectivity index (χ2n) is 4.11. The zero-order valence-electron chi connectivity index (χ0n) is 9.68. The van der Waals surface area contributed by atoms with E-state index in [1.807, 2.05) is 38.4 Å². The fraction of sp³-hybridized carbons (Fsp3) is 0.417. The van der Waals surface area contributed by atoms with Crippen LogP contribution in [-0.4, -0.2) is 22.3 Å². The molecule has 1 aromatic heterocycles. The molecule has 0 unspecified atom stereocenters. The third-order valence-electron chi connectivity index (χ3n) is 2.43. The number of imidazole rings is 1. The van der Waals surface area contributed by atoms with Gasteiger partial charge >= 0.3 is 0 Å². The zero-order valence-corrected chi connectivity index (χ0v) is 9.68. The maximum Gasteiger partial charge on any atom is 0.0959 e. The monoisotopic (exact) mass is 219 g/mol. The fourth-order valence-corrected chi connectivity index (χ4v) is 1.65. The van der Waals surface area contributed by atoms with Crippen LogP contribution in [0.3, 0.4) is 0 Å². The summed E-state index contributed by atoms with van der Waals surface area (Å²) in [5, 5.41) is 0.